The predicted octanol–water partition coefficient (Wildman–Crippen LogP) is 1.67. The molecule has 1 fully saturated rings. The summed E-state index contributed by atoms with van der Waals surface area (Å²) in [5.74, 6) is 0.613. The highest BCUT2D eigenvalue weighted by molar-refractivity contribution is 7.80. The van der Waals surface area contributed by atoms with E-state index in [-0.39, 0.29) is 0 Å². The van der Waals surface area contributed by atoms with Crippen LogP contribution in [-0.2, 0) is 4.74 Å². The topological polar surface area (TPSA) is 33.3 Å². The molecular formula is C11H22N2OS. The summed E-state index contributed by atoms with van der Waals surface area (Å²) < 4.78 is 5.62. The van der Waals surface area contributed by atoms with Crippen molar-refractivity contribution in [2.75, 3.05) is 13.2 Å². The molecule has 1 saturated heterocycles. The molecule has 3 nitrogen and oxygen atoms in total. The molecule has 1 aliphatic heterocycles. The molecule has 15 heavy (non-hydrogen) atoms. The van der Waals surface area contributed by atoms with Gasteiger partial charge in [0.25, 0.3) is 0 Å². The fourth-order valence-corrected chi connectivity index (χ4v) is 2.23. The van der Waals surface area contributed by atoms with Gasteiger partial charge in [-0.3, -0.25) is 0 Å². The first-order valence-corrected chi connectivity index (χ1v) is 6.20. The Hall–Kier alpha value is -0.350. The maximum atomic E-state index is 5.62. The Morgan fingerprint density at radius 1 is 1.53 bits per heavy atom. The van der Waals surface area contributed by atoms with E-state index in [0.717, 1.165) is 31.1 Å². The van der Waals surface area contributed by atoms with Crippen LogP contribution in [0, 0.1) is 5.92 Å². The molecule has 4 heteroatoms. The third-order valence-corrected chi connectivity index (χ3v) is 2.96. The molecule has 0 radical (unpaired) electrons. The lowest BCUT2D eigenvalue weighted by atomic mass is 10.00. The second-order valence-electron chi connectivity index (χ2n) is 4.38. The van der Waals surface area contributed by atoms with Crippen LogP contribution in [0.4, 0.5) is 0 Å². The van der Waals surface area contributed by atoms with Gasteiger partial charge < -0.3 is 15.4 Å². The number of hydrogen-bond donors (Lipinski definition) is 2. The first kappa shape index (κ1) is 12.7. The summed E-state index contributed by atoms with van der Waals surface area (Å²) in [4.78, 5) is 0. The molecule has 1 heterocycles. The van der Waals surface area contributed by atoms with Crippen LogP contribution in [0.5, 0.6) is 0 Å². The van der Waals surface area contributed by atoms with Crippen LogP contribution >= 0.6 is 12.2 Å². The van der Waals surface area contributed by atoms with Gasteiger partial charge in [-0.15, -0.1) is 0 Å². The van der Waals surface area contributed by atoms with Gasteiger partial charge >= 0.3 is 0 Å². The number of nitrogens with one attached hydrogen (secondary N) is 2. The fourth-order valence-electron chi connectivity index (χ4n) is 1.91. The zero-order chi connectivity index (χ0) is 11.3. The van der Waals surface area contributed by atoms with E-state index < -0.39 is 0 Å². The lowest BCUT2D eigenvalue weighted by Crippen LogP contribution is -2.42. The Labute approximate surface area is 98.0 Å². The molecule has 0 aromatic heterocycles. The van der Waals surface area contributed by atoms with Crippen LogP contribution in [0.3, 0.4) is 0 Å². The van der Waals surface area contributed by atoms with Crippen LogP contribution in [-0.4, -0.2) is 30.4 Å². The van der Waals surface area contributed by atoms with Gasteiger partial charge in [-0.05, 0) is 38.9 Å². The monoisotopic (exact) mass is 230 g/mol. The Balaban J connectivity index is 2.21. The molecule has 0 amide bonds. The summed E-state index contributed by atoms with van der Waals surface area (Å²) in [5.41, 5.74) is 0. The van der Waals surface area contributed by atoms with Crippen molar-refractivity contribution in [3.05, 3.63) is 0 Å². The maximum absolute atomic E-state index is 5.62. The highest BCUT2D eigenvalue weighted by atomic mass is 32.1. The number of thiocarbonyl (C=S) groups is 1. The average molecular weight is 230 g/mol. The summed E-state index contributed by atoms with van der Waals surface area (Å²) in [6.07, 6.45) is 2.66. The van der Waals surface area contributed by atoms with Crippen molar-refractivity contribution in [1.29, 1.82) is 0 Å². The van der Waals surface area contributed by atoms with Crippen molar-refractivity contribution in [1.82, 2.24) is 10.6 Å². The number of rotatable bonds is 4. The van der Waals surface area contributed by atoms with Crippen molar-refractivity contribution >= 4 is 17.3 Å². The largest absolute Gasteiger partial charge is 0.378 e. The molecule has 88 valence electrons. The maximum Gasteiger partial charge on any atom is 0.166 e. The fraction of sp³-hybridized carbons (Fsp3) is 0.909. The summed E-state index contributed by atoms with van der Waals surface area (Å²) in [6, 6.07) is 0.395. The molecule has 0 aliphatic carbocycles. The van der Waals surface area contributed by atoms with E-state index in [0.29, 0.717) is 18.1 Å². The molecular weight excluding hydrogens is 208 g/mol. The number of hydrogen-bond acceptors (Lipinski definition) is 2. The molecule has 2 N–H and O–H groups in total. The first-order chi connectivity index (χ1) is 7.13. The molecule has 0 saturated carbocycles. The Morgan fingerprint density at radius 2 is 2.27 bits per heavy atom. The van der Waals surface area contributed by atoms with Gasteiger partial charge in [0.1, 0.15) is 0 Å². The molecule has 0 aromatic carbocycles. The summed E-state index contributed by atoms with van der Waals surface area (Å²) >= 11 is 5.18. The molecule has 2 atom stereocenters. The van der Waals surface area contributed by atoms with Gasteiger partial charge in [0, 0.05) is 25.1 Å². The Morgan fingerprint density at radius 3 is 2.87 bits per heavy atom. The second-order valence-corrected chi connectivity index (χ2v) is 4.78. The zero-order valence-corrected chi connectivity index (χ0v) is 10.7. The minimum atomic E-state index is 0.395. The minimum Gasteiger partial charge on any atom is -0.378 e. The summed E-state index contributed by atoms with van der Waals surface area (Å²) in [5, 5.41) is 7.20. The van der Waals surface area contributed by atoms with Crippen LogP contribution in [0.15, 0.2) is 0 Å². The van der Waals surface area contributed by atoms with Gasteiger partial charge in [0.05, 0.1) is 6.10 Å². The van der Waals surface area contributed by atoms with Gasteiger partial charge in [0.2, 0.25) is 0 Å². The van der Waals surface area contributed by atoms with E-state index in [2.05, 4.69) is 31.4 Å². The highest BCUT2D eigenvalue weighted by Gasteiger charge is 2.26. The van der Waals surface area contributed by atoms with E-state index in [9.17, 15) is 0 Å². The molecule has 2 unspecified atom stereocenters. The quantitative estimate of drug-likeness (QED) is 0.720. The van der Waals surface area contributed by atoms with Crippen molar-refractivity contribution in [2.24, 2.45) is 5.92 Å². The molecule has 1 aliphatic rings. The SMILES string of the molecule is CCC1OCCC1CNC(=S)NC(C)C. The van der Waals surface area contributed by atoms with E-state index in [1.165, 1.54) is 0 Å². The zero-order valence-electron chi connectivity index (χ0n) is 9.88. The number of ether oxygens (including phenoxy) is 1. The molecule has 0 aromatic rings. The third kappa shape index (κ3) is 4.34. The van der Waals surface area contributed by atoms with E-state index in [1.807, 2.05) is 0 Å². The lowest BCUT2D eigenvalue weighted by Gasteiger charge is -2.19. The minimum absolute atomic E-state index is 0.395. The van der Waals surface area contributed by atoms with Gasteiger partial charge in [-0.2, -0.15) is 0 Å². The highest BCUT2D eigenvalue weighted by Crippen LogP contribution is 2.22. The summed E-state index contributed by atoms with van der Waals surface area (Å²) in [6.45, 7) is 8.17. The standard InChI is InChI=1S/C11H22N2OS/c1-4-10-9(5-6-14-10)7-12-11(15)13-8(2)3/h8-10H,4-7H2,1-3H3,(H2,12,13,15). The van der Waals surface area contributed by atoms with Gasteiger partial charge in [0.15, 0.2) is 5.11 Å². The van der Waals surface area contributed by atoms with Crippen LogP contribution in [0.1, 0.15) is 33.6 Å². The van der Waals surface area contributed by atoms with Crippen molar-refractivity contribution in [3.63, 3.8) is 0 Å². The average Bonchev–Trinajstić information content (AvgIpc) is 2.60. The Kier molecular flexibility index (Phi) is 5.32. The normalized spacial score (nSPS) is 25.6. The van der Waals surface area contributed by atoms with Crippen LogP contribution in [0.25, 0.3) is 0 Å². The van der Waals surface area contributed by atoms with Crippen molar-refractivity contribution in [3.8, 4) is 0 Å². The first-order valence-electron chi connectivity index (χ1n) is 5.79. The van der Waals surface area contributed by atoms with E-state index in [4.69, 9.17) is 17.0 Å². The molecule has 0 spiro atoms. The predicted molar refractivity (Wildman–Crippen MR) is 67.0 cm³/mol. The Bertz CT molecular complexity index is 209. The van der Waals surface area contributed by atoms with E-state index >= 15 is 0 Å². The van der Waals surface area contributed by atoms with E-state index in [1.54, 1.807) is 0 Å². The van der Waals surface area contributed by atoms with Crippen molar-refractivity contribution < 1.29 is 4.74 Å². The third-order valence-electron chi connectivity index (χ3n) is 2.69. The van der Waals surface area contributed by atoms with Crippen molar-refractivity contribution in [2.45, 2.75) is 45.8 Å². The second kappa shape index (κ2) is 6.28. The van der Waals surface area contributed by atoms with Crippen LogP contribution < -0.4 is 10.6 Å². The molecule has 0 bridgehead atoms. The summed E-state index contributed by atoms with van der Waals surface area (Å²) in [7, 11) is 0. The van der Waals surface area contributed by atoms with Gasteiger partial charge in [-0.1, -0.05) is 6.92 Å². The smallest absolute Gasteiger partial charge is 0.166 e. The van der Waals surface area contributed by atoms with Gasteiger partial charge in [-0.25, -0.2) is 0 Å². The van der Waals surface area contributed by atoms with Crippen LogP contribution in [0.2, 0.25) is 0 Å². The lowest BCUT2D eigenvalue weighted by molar-refractivity contribution is 0.0883. The molecule has 1 rings (SSSR count).